The molecule has 7 heteroatoms. The van der Waals surface area contributed by atoms with Gasteiger partial charge in [0.1, 0.15) is 12.2 Å². The summed E-state index contributed by atoms with van der Waals surface area (Å²) in [5.74, 6) is -0.129. The number of Topliss-reactive ketones (excluding diaryl/α,β-unsaturated/α-hetero) is 1. The molecule has 0 spiro atoms. The van der Waals surface area contributed by atoms with Gasteiger partial charge in [0.2, 0.25) is 0 Å². The summed E-state index contributed by atoms with van der Waals surface area (Å²) in [6, 6.07) is 0. The molecule has 1 saturated heterocycles. The van der Waals surface area contributed by atoms with Gasteiger partial charge in [-0.3, -0.25) is 9.69 Å². The Morgan fingerprint density at radius 2 is 1.83 bits per heavy atom. The minimum absolute atomic E-state index is 0.00479. The van der Waals surface area contributed by atoms with Crippen molar-refractivity contribution in [2.75, 3.05) is 26.3 Å². The number of ketones is 1. The molecule has 0 radical (unpaired) electrons. The average Bonchev–Trinajstić information content (AvgIpc) is 2.55. The van der Waals surface area contributed by atoms with Crippen LogP contribution in [0.3, 0.4) is 0 Å². The molecule has 1 heterocycles. The molecular weight excluding hydrogens is 326 g/mol. The smallest absolute Gasteiger partial charge is 0.410 e. The topological polar surface area (TPSA) is 65.1 Å². The first kappa shape index (κ1) is 21.1. The highest BCUT2D eigenvalue weighted by atomic mass is 28.4. The Morgan fingerprint density at radius 3 is 2.33 bits per heavy atom. The molecule has 1 atom stereocenters. The van der Waals surface area contributed by atoms with Crippen LogP contribution in [-0.2, 0) is 18.7 Å². The van der Waals surface area contributed by atoms with E-state index in [0.29, 0.717) is 13.2 Å². The molecule has 0 bridgehead atoms. The largest absolute Gasteiger partial charge is 0.444 e. The van der Waals surface area contributed by atoms with Crippen LogP contribution in [0, 0.1) is 0 Å². The van der Waals surface area contributed by atoms with Crippen LogP contribution in [0.15, 0.2) is 0 Å². The van der Waals surface area contributed by atoms with E-state index in [1.54, 1.807) is 20.8 Å². The van der Waals surface area contributed by atoms with Crippen LogP contribution in [0.5, 0.6) is 0 Å². The van der Waals surface area contributed by atoms with E-state index in [9.17, 15) is 9.59 Å². The van der Waals surface area contributed by atoms with Gasteiger partial charge >= 0.3 is 6.09 Å². The number of hydrogen-bond acceptors (Lipinski definition) is 5. The van der Waals surface area contributed by atoms with Crippen molar-refractivity contribution in [2.24, 2.45) is 0 Å². The lowest BCUT2D eigenvalue weighted by Crippen LogP contribution is -2.46. The van der Waals surface area contributed by atoms with Crippen molar-refractivity contribution in [3.63, 3.8) is 0 Å². The SMILES string of the molecule is CC(C)(C)OC(=O)N1CC(=O)CO[C@H](CO[Si](C)(C)C(C)(C)C)C1. The van der Waals surface area contributed by atoms with Crippen LogP contribution in [0.4, 0.5) is 4.79 Å². The highest BCUT2D eigenvalue weighted by Crippen LogP contribution is 2.36. The fourth-order valence-corrected chi connectivity index (χ4v) is 2.95. The van der Waals surface area contributed by atoms with Crippen molar-refractivity contribution in [1.82, 2.24) is 4.90 Å². The van der Waals surface area contributed by atoms with E-state index in [4.69, 9.17) is 13.9 Å². The van der Waals surface area contributed by atoms with Crippen LogP contribution in [0.25, 0.3) is 0 Å². The molecule has 6 nitrogen and oxygen atoms in total. The first-order valence-corrected chi connectivity index (χ1v) is 11.4. The van der Waals surface area contributed by atoms with E-state index >= 15 is 0 Å². The summed E-state index contributed by atoms with van der Waals surface area (Å²) in [4.78, 5) is 25.6. The van der Waals surface area contributed by atoms with E-state index in [1.165, 1.54) is 4.90 Å². The second kappa shape index (κ2) is 7.54. The average molecular weight is 360 g/mol. The van der Waals surface area contributed by atoms with E-state index in [-0.39, 0.29) is 30.1 Å². The molecule has 1 fully saturated rings. The molecule has 0 N–H and O–H groups in total. The van der Waals surface area contributed by atoms with Gasteiger partial charge in [0.25, 0.3) is 0 Å². The molecule has 0 aromatic heterocycles. The van der Waals surface area contributed by atoms with Gasteiger partial charge in [-0.1, -0.05) is 20.8 Å². The van der Waals surface area contributed by atoms with E-state index in [1.807, 2.05) is 0 Å². The van der Waals surface area contributed by atoms with Crippen LogP contribution in [-0.4, -0.2) is 63.1 Å². The Labute approximate surface area is 147 Å². The second-order valence-corrected chi connectivity index (χ2v) is 13.7. The van der Waals surface area contributed by atoms with Crippen LogP contribution < -0.4 is 0 Å². The third-order valence-corrected chi connectivity index (χ3v) is 8.86. The number of carbonyl (C=O) groups is 2. The molecule has 0 aromatic rings. The van der Waals surface area contributed by atoms with Crippen LogP contribution in [0.2, 0.25) is 18.1 Å². The van der Waals surface area contributed by atoms with Gasteiger partial charge in [0.15, 0.2) is 14.1 Å². The predicted molar refractivity (Wildman–Crippen MR) is 95.7 cm³/mol. The fraction of sp³-hybridized carbons (Fsp3) is 0.882. The lowest BCUT2D eigenvalue weighted by molar-refractivity contribution is -0.123. The maximum atomic E-state index is 12.3. The predicted octanol–water partition coefficient (Wildman–Crippen LogP) is 3.21. The summed E-state index contributed by atoms with van der Waals surface area (Å²) in [6.45, 7) is 17.0. The number of nitrogens with zero attached hydrogens (tertiary/aromatic N) is 1. The maximum Gasteiger partial charge on any atom is 0.410 e. The van der Waals surface area contributed by atoms with Crippen molar-refractivity contribution < 1.29 is 23.5 Å². The Morgan fingerprint density at radius 1 is 1.25 bits per heavy atom. The Kier molecular flexibility index (Phi) is 6.63. The summed E-state index contributed by atoms with van der Waals surface area (Å²) >= 11 is 0. The van der Waals surface area contributed by atoms with E-state index in [2.05, 4.69) is 33.9 Å². The van der Waals surface area contributed by atoms with Gasteiger partial charge in [0.05, 0.1) is 25.8 Å². The summed E-state index contributed by atoms with van der Waals surface area (Å²) < 4.78 is 17.2. The maximum absolute atomic E-state index is 12.3. The van der Waals surface area contributed by atoms with Gasteiger partial charge in [-0.05, 0) is 38.9 Å². The lowest BCUT2D eigenvalue weighted by atomic mass is 10.2. The number of ether oxygens (including phenoxy) is 2. The normalized spacial score (nSPS) is 20.8. The molecule has 1 aliphatic heterocycles. The number of carbonyl (C=O) groups excluding carboxylic acids is 2. The van der Waals surface area contributed by atoms with Crippen molar-refractivity contribution >= 4 is 20.2 Å². The first-order chi connectivity index (χ1) is 10.7. The van der Waals surface area contributed by atoms with Gasteiger partial charge in [-0.25, -0.2) is 4.79 Å². The standard InChI is InChI=1S/C17H33NO5Si/c1-16(2,3)23-15(20)18-9-13(19)11-21-14(10-18)12-22-24(7,8)17(4,5)6/h14H,9-12H2,1-8H3/t14-/m0/s1. The van der Waals surface area contributed by atoms with Crippen molar-refractivity contribution in [3.8, 4) is 0 Å². The molecule has 0 aliphatic carbocycles. The second-order valence-electron chi connectivity index (χ2n) is 8.90. The molecule has 24 heavy (non-hydrogen) atoms. The number of hydrogen-bond donors (Lipinski definition) is 0. The quantitative estimate of drug-likeness (QED) is 0.724. The van der Waals surface area contributed by atoms with E-state index < -0.39 is 20.0 Å². The fourth-order valence-electron chi connectivity index (χ4n) is 1.92. The summed E-state index contributed by atoms with van der Waals surface area (Å²) in [5.41, 5.74) is -0.597. The first-order valence-electron chi connectivity index (χ1n) is 8.46. The van der Waals surface area contributed by atoms with Crippen molar-refractivity contribution in [3.05, 3.63) is 0 Å². The Bertz CT molecular complexity index is 465. The van der Waals surface area contributed by atoms with Crippen molar-refractivity contribution in [1.29, 1.82) is 0 Å². The van der Waals surface area contributed by atoms with Gasteiger partial charge in [-0.2, -0.15) is 0 Å². The highest BCUT2D eigenvalue weighted by Gasteiger charge is 2.38. The number of rotatable bonds is 3. The third kappa shape index (κ3) is 6.53. The van der Waals surface area contributed by atoms with Crippen LogP contribution >= 0.6 is 0 Å². The lowest BCUT2D eigenvalue weighted by Gasteiger charge is -2.37. The molecule has 0 unspecified atom stereocenters. The highest BCUT2D eigenvalue weighted by molar-refractivity contribution is 6.74. The van der Waals surface area contributed by atoms with Crippen LogP contribution in [0.1, 0.15) is 41.5 Å². The molecule has 1 rings (SSSR count). The summed E-state index contributed by atoms with van der Waals surface area (Å²) in [6.07, 6.45) is -0.809. The van der Waals surface area contributed by atoms with E-state index in [0.717, 1.165) is 0 Å². The minimum atomic E-state index is -1.91. The monoisotopic (exact) mass is 359 g/mol. The molecule has 0 aromatic carbocycles. The zero-order valence-electron chi connectivity index (χ0n) is 16.4. The molecule has 0 saturated carbocycles. The van der Waals surface area contributed by atoms with Gasteiger partial charge < -0.3 is 13.9 Å². The summed E-state index contributed by atoms with van der Waals surface area (Å²) in [5, 5.41) is 0.0956. The molecular formula is C17H33NO5Si. The summed E-state index contributed by atoms with van der Waals surface area (Å²) in [7, 11) is -1.91. The Hall–Kier alpha value is -0.923. The van der Waals surface area contributed by atoms with Gasteiger partial charge in [-0.15, -0.1) is 0 Å². The third-order valence-electron chi connectivity index (χ3n) is 4.36. The van der Waals surface area contributed by atoms with Crippen molar-refractivity contribution in [2.45, 2.75) is 71.4 Å². The Balaban J connectivity index is 2.72. The number of amides is 1. The molecule has 140 valence electrons. The zero-order chi connectivity index (χ0) is 18.8. The molecule has 1 amide bonds. The minimum Gasteiger partial charge on any atom is -0.444 e. The zero-order valence-corrected chi connectivity index (χ0v) is 17.4. The molecule has 1 aliphatic rings. The van der Waals surface area contributed by atoms with Gasteiger partial charge in [0, 0.05) is 0 Å².